The Balaban J connectivity index is 0.00000364. The Bertz CT molecular complexity index is 616. The first-order valence-corrected chi connectivity index (χ1v) is 10.1. The zero-order valence-electron chi connectivity index (χ0n) is 16.7. The third kappa shape index (κ3) is 6.98. The van der Waals surface area contributed by atoms with Crippen LogP contribution < -0.4 is 20.1 Å². The van der Waals surface area contributed by atoms with E-state index < -0.39 is 0 Å². The normalized spacial score (nSPS) is 17.4. The average Bonchev–Trinajstić information content (AvgIpc) is 3.12. The Morgan fingerprint density at radius 2 is 1.93 bits per heavy atom. The molecule has 6 nitrogen and oxygen atoms in total. The van der Waals surface area contributed by atoms with Crippen molar-refractivity contribution in [2.45, 2.75) is 39.3 Å². The second kappa shape index (κ2) is 12.7. The van der Waals surface area contributed by atoms with E-state index in [2.05, 4.69) is 45.3 Å². The molecule has 0 amide bonds. The van der Waals surface area contributed by atoms with Crippen LogP contribution in [0.3, 0.4) is 0 Å². The molecule has 1 unspecified atom stereocenters. The molecule has 8 heteroatoms. The molecule has 2 N–H and O–H groups in total. The number of likely N-dealkylation sites (N-methyl/N-ethyl adjacent to an activating group) is 1. The number of guanidine groups is 1. The summed E-state index contributed by atoms with van der Waals surface area (Å²) in [5, 5.41) is 6.82. The van der Waals surface area contributed by atoms with Gasteiger partial charge in [-0.3, -0.25) is 4.90 Å². The molecular formula is C19H32BrIN4O2. The second-order valence-electron chi connectivity index (χ2n) is 6.30. The standard InChI is InChI=1S/C19H31BrN4O2.HI/c1-5-21-19(23-13-15-8-7-9-24(15)6-2)22-12-14-10-17(25-3)18(26-4)11-16(14)20;/h10-11,15H,5-9,12-13H2,1-4H3,(H2,21,22,23);1H. The first-order chi connectivity index (χ1) is 12.6. The summed E-state index contributed by atoms with van der Waals surface area (Å²) in [5.74, 6) is 2.26. The van der Waals surface area contributed by atoms with Crippen LogP contribution >= 0.6 is 39.9 Å². The van der Waals surface area contributed by atoms with E-state index in [0.29, 0.717) is 24.1 Å². The Morgan fingerprint density at radius 3 is 2.56 bits per heavy atom. The number of methoxy groups -OCH3 is 2. The molecule has 0 aliphatic carbocycles. The van der Waals surface area contributed by atoms with E-state index in [1.807, 2.05) is 12.1 Å². The molecule has 1 aromatic carbocycles. The summed E-state index contributed by atoms with van der Waals surface area (Å²) in [6.45, 7) is 8.93. The largest absolute Gasteiger partial charge is 0.493 e. The van der Waals surface area contributed by atoms with Crippen molar-refractivity contribution in [3.8, 4) is 11.5 Å². The SMILES string of the molecule is CCNC(=NCc1cc(OC)c(OC)cc1Br)NCC1CCCN1CC.I. The molecule has 0 radical (unpaired) electrons. The number of benzene rings is 1. The molecule has 2 rings (SSSR count). The number of nitrogens with one attached hydrogen (secondary N) is 2. The number of hydrogen-bond donors (Lipinski definition) is 2. The van der Waals surface area contributed by atoms with E-state index in [1.165, 1.54) is 19.4 Å². The minimum Gasteiger partial charge on any atom is -0.493 e. The van der Waals surface area contributed by atoms with Gasteiger partial charge in [0, 0.05) is 23.6 Å². The lowest BCUT2D eigenvalue weighted by Crippen LogP contribution is -2.44. The minimum absolute atomic E-state index is 0. The van der Waals surface area contributed by atoms with Crippen LogP contribution in [0.2, 0.25) is 0 Å². The Labute approximate surface area is 188 Å². The van der Waals surface area contributed by atoms with Gasteiger partial charge in [-0.05, 0) is 50.6 Å². The molecule has 0 saturated carbocycles. The maximum atomic E-state index is 5.39. The minimum atomic E-state index is 0. The molecule has 1 aliphatic rings. The van der Waals surface area contributed by atoms with Gasteiger partial charge in [0.1, 0.15) is 0 Å². The number of ether oxygens (including phenoxy) is 2. The molecule has 1 heterocycles. The van der Waals surface area contributed by atoms with Gasteiger partial charge in [-0.1, -0.05) is 22.9 Å². The van der Waals surface area contributed by atoms with Crippen LogP contribution in [0.25, 0.3) is 0 Å². The number of rotatable bonds is 8. The highest BCUT2D eigenvalue weighted by molar-refractivity contribution is 14.0. The number of nitrogens with zero attached hydrogens (tertiary/aromatic N) is 2. The van der Waals surface area contributed by atoms with Crippen molar-refractivity contribution in [1.82, 2.24) is 15.5 Å². The fraction of sp³-hybridized carbons (Fsp3) is 0.632. The molecule has 1 saturated heterocycles. The van der Waals surface area contributed by atoms with Crippen molar-refractivity contribution in [1.29, 1.82) is 0 Å². The number of likely N-dealkylation sites (tertiary alicyclic amines) is 1. The first-order valence-electron chi connectivity index (χ1n) is 9.29. The average molecular weight is 555 g/mol. The summed E-state index contributed by atoms with van der Waals surface area (Å²) >= 11 is 3.60. The van der Waals surface area contributed by atoms with Gasteiger partial charge in [-0.2, -0.15) is 0 Å². The molecular weight excluding hydrogens is 523 g/mol. The van der Waals surface area contributed by atoms with E-state index in [1.54, 1.807) is 14.2 Å². The summed E-state index contributed by atoms with van der Waals surface area (Å²) in [5.41, 5.74) is 1.05. The van der Waals surface area contributed by atoms with Crippen molar-refractivity contribution in [3.05, 3.63) is 22.2 Å². The third-order valence-electron chi connectivity index (χ3n) is 4.71. The number of hydrogen-bond acceptors (Lipinski definition) is 4. The van der Waals surface area contributed by atoms with Crippen molar-refractivity contribution >= 4 is 45.9 Å². The molecule has 0 bridgehead atoms. The third-order valence-corrected chi connectivity index (χ3v) is 5.45. The van der Waals surface area contributed by atoms with E-state index in [0.717, 1.165) is 35.6 Å². The monoisotopic (exact) mass is 554 g/mol. The second-order valence-corrected chi connectivity index (χ2v) is 7.15. The highest BCUT2D eigenvalue weighted by atomic mass is 127. The van der Waals surface area contributed by atoms with Gasteiger partial charge in [0.15, 0.2) is 17.5 Å². The summed E-state index contributed by atoms with van der Waals surface area (Å²) < 4.78 is 11.7. The van der Waals surface area contributed by atoms with E-state index in [4.69, 9.17) is 14.5 Å². The van der Waals surface area contributed by atoms with Crippen LogP contribution in [-0.4, -0.2) is 57.3 Å². The van der Waals surface area contributed by atoms with Crippen molar-refractivity contribution in [2.24, 2.45) is 4.99 Å². The fourth-order valence-corrected chi connectivity index (χ4v) is 3.73. The van der Waals surface area contributed by atoms with Crippen LogP contribution in [0.1, 0.15) is 32.3 Å². The van der Waals surface area contributed by atoms with Gasteiger partial charge in [-0.25, -0.2) is 4.99 Å². The highest BCUT2D eigenvalue weighted by Crippen LogP contribution is 2.33. The summed E-state index contributed by atoms with van der Waals surface area (Å²) in [6.07, 6.45) is 2.54. The van der Waals surface area contributed by atoms with Crippen molar-refractivity contribution in [2.75, 3.05) is 40.4 Å². The topological polar surface area (TPSA) is 58.1 Å². The predicted molar refractivity (Wildman–Crippen MR) is 126 cm³/mol. The maximum absolute atomic E-state index is 5.39. The van der Waals surface area contributed by atoms with Gasteiger partial charge in [-0.15, -0.1) is 24.0 Å². The van der Waals surface area contributed by atoms with Gasteiger partial charge in [0.05, 0.1) is 20.8 Å². The molecule has 1 fully saturated rings. The first kappa shape index (κ1) is 24.3. The molecule has 0 spiro atoms. The zero-order valence-corrected chi connectivity index (χ0v) is 20.6. The molecule has 1 aliphatic heterocycles. The highest BCUT2D eigenvalue weighted by Gasteiger charge is 2.22. The maximum Gasteiger partial charge on any atom is 0.191 e. The predicted octanol–water partition coefficient (Wildman–Crippen LogP) is 3.62. The zero-order chi connectivity index (χ0) is 18.9. The molecule has 1 aromatic rings. The number of aliphatic imine (C=N–C) groups is 1. The lowest BCUT2D eigenvalue weighted by molar-refractivity contribution is 0.267. The van der Waals surface area contributed by atoms with E-state index in [-0.39, 0.29) is 24.0 Å². The van der Waals surface area contributed by atoms with Crippen LogP contribution in [0.4, 0.5) is 0 Å². The summed E-state index contributed by atoms with van der Waals surface area (Å²) in [7, 11) is 3.28. The van der Waals surface area contributed by atoms with E-state index >= 15 is 0 Å². The molecule has 0 aromatic heterocycles. The number of halogens is 2. The van der Waals surface area contributed by atoms with Crippen molar-refractivity contribution < 1.29 is 9.47 Å². The Kier molecular flexibility index (Phi) is 11.4. The quantitative estimate of drug-likeness (QED) is 0.292. The van der Waals surface area contributed by atoms with Crippen LogP contribution in [0.5, 0.6) is 11.5 Å². The summed E-state index contributed by atoms with van der Waals surface area (Å²) in [4.78, 5) is 7.27. The lowest BCUT2D eigenvalue weighted by atomic mass is 10.2. The van der Waals surface area contributed by atoms with Gasteiger partial charge < -0.3 is 20.1 Å². The molecule has 27 heavy (non-hydrogen) atoms. The fourth-order valence-electron chi connectivity index (χ4n) is 3.28. The Morgan fingerprint density at radius 1 is 1.22 bits per heavy atom. The lowest BCUT2D eigenvalue weighted by Gasteiger charge is -2.24. The van der Waals surface area contributed by atoms with Crippen LogP contribution in [0, 0.1) is 0 Å². The smallest absolute Gasteiger partial charge is 0.191 e. The van der Waals surface area contributed by atoms with Crippen LogP contribution in [0.15, 0.2) is 21.6 Å². The van der Waals surface area contributed by atoms with E-state index in [9.17, 15) is 0 Å². The Hall–Kier alpha value is -0.740. The van der Waals surface area contributed by atoms with Crippen LogP contribution in [-0.2, 0) is 6.54 Å². The summed E-state index contributed by atoms with van der Waals surface area (Å²) in [6, 6.07) is 4.48. The van der Waals surface area contributed by atoms with Crippen molar-refractivity contribution in [3.63, 3.8) is 0 Å². The van der Waals surface area contributed by atoms with Gasteiger partial charge in [0.2, 0.25) is 0 Å². The molecule has 1 atom stereocenters. The van der Waals surface area contributed by atoms with Gasteiger partial charge in [0.25, 0.3) is 0 Å². The molecule has 154 valence electrons. The van der Waals surface area contributed by atoms with Gasteiger partial charge >= 0.3 is 0 Å².